The van der Waals surface area contributed by atoms with E-state index in [4.69, 9.17) is 4.42 Å². The first kappa shape index (κ1) is 16.1. The van der Waals surface area contributed by atoms with E-state index < -0.39 is 0 Å². The lowest BCUT2D eigenvalue weighted by Gasteiger charge is -2.16. The highest BCUT2D eigenvalue weighted by Gasteiger charge is 2.30. The number of rotatable bonds is 6. The van der Waals surface area contributed by atoms with Gasteiger partial charge in [0.1, 0.15) is 11.5 Å². The van der Waals surface area contributed by atoms with Gasteiger partial charge >= 0.3 is 0 Å². The quantitative estimate of drug-likeness (QED) is 0.566. The van der Waals surface area contributed by atoms with Crippen molar-refractivity contribution in [1.82, 2.24) is 4.90 Å². The molecule has 2 aromatic heterocycles. The topological polar surface area (TPSA) is 45.8 Å². The first-order valence-corrected chi connectivity index (χ1v) is 9.45. The summed E-state index contributed by atoms with van der Waals surface area (Å²) in [6, 6.07) is 7.67. The Morgan fingerprint density at radius 1 is 1.39 bits per heavy atom. The molecule has 1 aliphatic rings. The number of hydrogen-bond donors (Lipinski definition) is 0. The van der Waals surface area contributed by atoms with Gasteiger partial charge in [0.05, 0.1) is 12.8 Å². The standard InChI is InChI=1S/C17H18N2O2S2/c1-2-3-9-23-17-18-15(11-13-6-4-8-21-13)16(20)19(17)12-14-7-5-10-22-14/h4-8,10-11H,2-3,9,12H2,1H3/b15-11-. The Morgan fingerprint density at radius 2 is 2.30 bits per heavy atom. The maximum absolute atomic E-state index is 12.7. The fourth-order valence-electron chi connectivity index (χ4n) is 2.15. The Balaban J connectivity index is 1.81. The van der Waals surface area contributed by atoms with Gasteiger partial charge in [-0.05, 0) is 30.0 Å². The Labute approximate surface area is 143 Å². The van der Waals surface area contributed by atoms with Crippen molar-refractivity contribution in [2.45, 2.75) is 26.3 Å². The van der Waals surface area contributed by atoms with Crippen LogP contribution in [0.25, 0.3) is 6.08 Å². The van der Waals surface area contributed by atoms with E-state index >= 15 is 0 Å². The molecule has 0 saturated carbocycles. The lowest BCUT2D eigenvalue weighted by molar-refractivity contribution is -0.122. The summed E-state index contributed by atoms with van der Waals surface area (Å²) in [5.41, 5.74) is 0.440. The average molecular weight is 346 g/mol. The van der Waals surface area contributed by atoms with E-state index in [0.29, 0.717) is 18.0 Å². The molecule has 0 aliphatic carbocycles. The molecule has 1 amide bonds. The third-order valence-corrected chi connectivity index (χ3v) is 5.28. The molecular formula is C17H18N2O2S2. The van der Waals surface area contributed by atoms with Gasteiger partial charge in [0.15, 0.2) is 5.17 Å². The summed E-state index contributed by atoms with van der Waals surface area (Å²) < 4.78 is 5.30. The number of carbonyl (C=O) groups is 1. The summed E-state index contributed by atoms with van der Waals surface area (Å²) in [5, 5.41) is 2.81. The molecule has 1 aliphatic heterocycles. The van der Waals surface area contributed by atoms with Crippen molar-refractivity contribution in [3.63, 3.8) is 0 Å². The number of amides is 1. The van der Waals surface area contributed by atoms with Crippen LogP contribution in [0.15, 0.2) is 51.0 Å². The molecule has 0 bridgehead atoms. The van der Waals surface area contributed by atoms with E-state index in [2.05, 4.69) is 11.9 Å². The van der Waals surface area contributed by atoms with Crippen LogP contribution in [0.5, 0.6) is 0 Å². The minimum atomic E-state index is -0.0613. The summed E-state index contributed by atoms with van der Waals surface area (Å²) in [6.45, 7) is 2.73. The first-order chi connectivity index (χ1) is 11.3. The van der Waals surface area contributed by atoms with Crippen LogP contribution in [0.2, 0.25) is 0 Å². The Hall–Kier alpha value is -1.79. The summed E-state index contributed by atoms with van der Waals surface area (Å²) in [6.07, 6.45) is 5.54. The summed E-state index contributed by atoms with van der Waals surface area (Å²) in [7, 11) is 0. The molecular weight excluding hydrogens is 328 g/mol. The van der Waals surface area contributed by atoms with Crippen molar-refractivity contribution in [3.05, 3.63) is 52.2 Å². The predicted molar refractivity (Wildman–Crippen MR) is 96.4 cm³/mol. The third-order valence-electron chi connectivity index (χ3n) is 3.36. The monoisotopic (exact) mass is 346 g/mol. The molecule has 0 unspecified atom stereocenters. The molecule has 6 heteroatoms. The highest BCUT2D eigenvalue weighted by molar-refractivity contribution is 8.13. The van der Waals surface area contributed by atoms with Crippen molar-refractivity contribution in [2.75, 3.05) is 5.75 Å². The van der Waals surface area contributed by atoms with E-state index in [1.54, 1.807) is 46.4 Å². The van der Waals surface area contributed by atoms with Gasteiger partial charge < -0.3 is 4.42 Å². The molecule has 0 atom stereocenters. The molecule has 4 nitrogen and oxygen atoms in total. The molecule has 0 saturated heterocycles. The van der Waals surface area contributed by atoms with Gasteiger partial charge in [0.2, 0.25) is 0 Å². The lowest BCUT2D eigenvalue weighted by Crippen LogP contribution is -2.29. The Kier molecular flexibility index (Phi) is 5.35. The van der Waals surface area contributed by atoms with E-state index in [1.807, 2.05) is 23.6 Å². The van der Waals surface area contributed by atoms with Crippen molar-refractivity contribution < 1.29 is 9.21 Å². The number of furan rings is 1. The van der Waals surface area contributed by atoms with Gasteiger partial charge in [-0.1, -0.05) is 31.2 Å². The third kappa shape index (κ3) is 3.95. The molecule has 3 heterocycles. The molecule has 0 spiro atoms. The molecule has 3 rings (SSSR count). The van der Waals surface area contributed by atoms with E-state index in [-0.39, 0.29) is 5.91 Å². The number of thiophene rings is 1. The van der Waals surface area contributed by atoms with Gasteiger partial charge in [-0.2, -0.15) is 0 Å². The van der Waals surface area contributed by atoms with Crippen molar-refractivity contribution in [1.29, 1.82) is 0 Å². The summed E-state index contributed by atoms with van der Waals surface area (Å²) >= 11 is 3.30. The Morgan fingerprint density at radius 3 is 3.00 bits per heavy atom. The molecule has 2 aromatic rings. The second-order valence-corrected chi connectivity index (χ2v) is 7.21. The number of hydrogen-bond acceptors (Lipinski definition) is 5. The zero-order chi connectivity index (χ0) is 16.1. The second kappa shape index (κ2) is 7.66. The van der Waals surface area contributed by atoms with Gasteiger partial charge in [-0.15, -0.1) is 11.3 Å². The average Bonchev–Trinajstić information content (AvgIpc) is 3.28. The fraction of sp³-hybridized carbons (Fsp3) is 0.294. The smallest absolute Gasteiger partial charge is 0.279 e. The van der Waals surface area contributed by atoms with Crippen molar-refractivity contribution in [2.24, 2.45) is 4.99 Å². The van der Waals surface area contributed by atoms with Gasteiger partial charge in [0.25, 0.3) is 5.91 Å². The van der Waals surface area contributed by atoms with Gasteiger partial charge in [-0.25, -0.2) is 4.99 Å². The van der Waals surface area contributed by atoms with Crippen molar-refractivity contribution >= 4 is 40.2 Å². The number of carbonyl (C=O) groups excluding carboxylic acids is 1. The zero-order valence-electron chi connectivity index (χ0n) is 12.9. The largest absolute Gasteiger partial charge is 0.465 e. The van der Waals surface area contributed by atoms with E-state index in [9.17, 15) is 4.79 Å². The van der Waals surface area contributed by atoms with Crippen molar-refractivity contribution in [3.8, 4) is 0 Å². The zero-order valence-corrected chi connectivity index (χ0v) is 14.5. The maximum Gasteiger partial charge on any atom is 0.279 e. The Bertz CT molecular complexity index is 703. The maximum atomic E-state index is 12.7. The molecule has 0 aromatic carbocycles. The van der Waals surface area contributed by atoms with Crippen LogP contribution >= 0.6 is 23.1 Å². The van der Waals surface area contributed by atoms with Crippen LogP contribution in [0.4, 0.5) is 0 Å². The molecule has 23 heavy (non-hydrogen) atoms. The van der Waals surface area contributed by atoms with Crippen LogP contribution in [0.3, 0.4) is 0 Å². The minimum Gasteiger partial charge on any atom is -0.465 e. The van der Waals surface area contributed by atoms with Crippen LogP contribution < -0.4 is 0 Å². The number of amidine groups is 1. The van der Waals surface area contributed by atoms with E-state index in [1.165, 1.54) is 0 Å². The predicted octanol–water partition coefficient (Wildman–Crippen LogP) is 4.61. The number of nitrogens with zero attached hydrogens (tertiary/aromatic N) is 2. The molecule has 0 radical (unpaired) electrons. The first-order valence-electron chi connectivity index (χ1n) is 7.59. The molecule has 120 valence electrons. The second-order valence-electron chi connectivity index (χ2n) is 5.11. The molecule has 0 N–H and O–H groups in total. The van der Waals surface area contributed by atoms with Crippen LogP contribution in [0.1, 0.15) is 30.4 Å². The lowest BCUT2D eigenvalue weighted by atomic mass is 10.3. The fourth-order valence-corrected chi connectivity index (χ4v) is 3.93. The van der Waals surface area contributed by atoms with Gasteiger partial charge in [0, 0.05) is 16.7 Å². The van der Waals surface area contributed by atoms with Gasteiger partial charge in [-0.3, -0.25) is 9.69 Å². The van der Waals surface area contributed by atoms with Crippen LogP contribution in [-0.4, -0.2) is 21.7 Å². The van der Waals surface area contributed by atoms with Crippen LogP contribution in [-0.2, 0) is 11.3 Å². The number of aliphatic imine (C=N–C) groups is 1. The molecule has 0 fully saturated rings. The SMILES string of the molecule is CCCCSC1=N/C(=C\c2ccco2)C(=O)N1Cc1cccs1. The highest BCUT2D eigenvalue weighted by atomic mass is 32.2. The van der Waals surface area contributed by atoms with Crippen LogP contribution in [0, 0.1) is 0 Å². The minimum absolute atomic E-state index is 0.0613. The number of thioether (sulfide) groups is 1. The summed E-state index contributed by atoms with van der Waals surface area (Å²) in [4.78, 5) is 20.2. The number of unbranched alkanes of at least 4 members (excludes halogenated alkanes) is 1. The summed E-state index contributed by atoms with van der Waals surface area (Å²) in [5.74, 6) is 1.55. The normalized spacial score (nSPS) is 16.4. The van der Waals surface area contributed by atoms with E-state index in [0.717, 1.165) is 28.6 Å². The highest BCUT2D eigenvalue weighted by Crippen LogP contribution is 2.27.